The number of piperidine rings is 1. The standard InChI is InChI=1S/C20H25N3O2/c1-15-13-18(16-5-2-3-6-17(16)21-15)23-10-8-20(14-23)7-4-9-22(11-12-24)19(20)25/h2-3,5-6,13,24H,4,7-12,14H2,1H3/t20-/m0/s1. The fourth-order valence-electron chi connectivity index (χ4n) is 4.49. The van der Waals surface area contributed by atoms with Gasteiger partial charge in [0.15, 0.2) is 0 Å². The third kappa shape index (κ3) is 2.76. The summed E-state index contributed by atoms with van der Waals surface area (Å²) in [6, 6.07) is 10.4. The van der Waals surface area contributed by atoms with Crippen molar-refractivity contribution in [1.29, 1.82) is 0 Å². The number of fused-ring (bicyclic) bond motifs is 1. The lowest BCUT2D eigenvalue weighted by Crippen LogP contribution is -2.50. The first kappa shape index (κ1) is 16.3. The van der Waals surface area contributed by atoms with E-state index >= 15 is 0 Å². The van der Waals surface area contributed by atoms with E-state index in [0.717, 1.165) is 55.5 Å². The number of aliphatic hydroxyl groups excluding tert-OH is 1. The number of hydrogen-bond acceptors (Lipinski definition) is 4. The fourth-order valence-corrected chi connectivity index (χ4v) is 4.49. The number of para-hydroxylation sites is 1. The third-order valence-corrected chi connectivity index (χ3v) is 5.71. The van der Waals surface area contributed by atoms with Gasteiger partial charge in [-0.2, -0.15) is 0 Å². The molecule has 0 aliphatic carbocycles. The first-order chi connectivity index (χ1) is 12.1. The minimum absolute atomic E-state index is 0.0414. The van der Waals surface area contributed by atoms with E-state index in [1.807, 2.05) is 30.0 Å². The molecule has 3 heterocycles. The summed E-state index contributed by atoms with van der Waals surface area (Å²) in [5, 5.41) is 10.4. The number of aryl methyl sites for hydroxylation is 1. The second-order valence-corrected chi connectivity index (χ2v) is 7.37. The van der Waals surface area contributed by atoms with Crippen LogP contribution in [0, 0.1) is 12.3 Å². The predicted molar refractivity (Wildman–Crippen MR) is 98.6 cm³/mol. The highest BCUT2D eigenvalue weighted by Gasteiger charge is 2.48. The van der Waals surface area contributed by atoms with Crippen molar-refractivity contribution < 1.29 is 9.90 Å². The van der Waals surface area contributed by atoms with E-state index in [2.05, 4.69) is 22.0 Å². The third-order valence-electron chi connectivity index (χ3n) is 5.71. The van der Waals surface area contributed by atoms with Crippen LogP contribution in [0.2, 0.25) is 0 Å². The molecule has 2 aliphatic heterocycles. The average Bonchev–Trinajstić information content (AvgIpc) is 3.03. The van der Waals surface area contributed by atoms with Gasteiger partial charge in [-0.15, -0.1) is 0 Å². The van der Waals surface area contributed by atoms with Crippen LogP contribution in [0.3, 0.4) is 0 Å². The SMILES string of the molecule is Cc1cc(N2CC[C@@]3(CCCN(CCO)C3=O)C2)c2ccccc2n1. The summed E-state index contributed by atoms with van der Waals surface area (Å²) in [5.41, 5.74) is 2.92. The topological polar surface area (TPSA) is 56.7 Å². The van der Waals surface area contributed by atoms with Gasteiger partial charge in [-0.1, -0.05) is 18.2 Å². The summed E-state index contributed by atoms with van der Waals surface area (Å²) >= 11 is 0. The summed E-state index contributed by atoms with van der Waals surface area (Å²) in [6.45, 7) is 4.96. The molecular formula is C20H25N3O2. The van der Waals surface area contributed by atoms with Gasteiger partial charge >= 0.3 is 0 Å². The second kappa shape index (κ2) is 6.30. The molecule has 4 rings (SSSR count). The molecule has 1 aromatic heterocycles. The zero-order chi connectivity index (χ0) is 17.4. The number of likely N-dealkylation sites (tertiary alicyclic amines) is 1. The van der Waals surface area contributed by atoms with Crippen LogP contribution in [0.4, 0.5) is 5.69 Å². The number of β-amino-alcohol motifs (C(OH)–C–C–N with tert-alkyl or cyclic N) is 1. The summed E-state index contributed by atoms with van der Waals surface area (Å²) < 4.78 is 0. The Bertz CT molecular complexity index is 805. The molecule has 25 heavy (non-hydrogen) atoms. The molecule has 1 spiro atoms. The lowest BCUT2D eigenvalue weighted by molar-refractivity contribution is -0.145. The van der Waals surface area contributed by atoms with Gasteiger partial charge in [-0.25, -0.2) is 0 Å². The van der Waals surface area contributed by atoms with Crippen LogP contribution in [-0.4, -0.2) is 53.7 Å². The van der Waals surface area contributed by atoms with Crippen molar-refractivity contribution in [3.63, 3.8) is 0 Å². The highest BCUT2D eigenvalue weighted by Crippen LogP contribution is 2.42. The molecule has 1 N–H and O–H groups in total. The zero-order valence-corrected chi connectivity index (χ0v) is 14.7. The van der Waals surface area contributed by atoms with Gasteiger partial charge in [0.1, 0.15) is 0 Å². The number of anilines is 1. The first-order valence-corrected chi connectivity index (χ1v) is 9.15. The van der Waals surface area contributed by atoms with Gasteiger partial charge < -0.3 is 14.9 Å². The number of aromatic nitrogens is 1. The number of carbonyl (C=O) groups excluding carboxylic acids is 1. The van der Waals surface area contributed by atoms with Crippen molar-refractivity contribution in [1.82, 2.24) is 9.88 Å². The van der Waals surface area contributed by atoms with Crippen molar-refractivity contribution in [2.45, 2.75) is 26.2 Å². The Balaban J connectivity index is 1.66. The molecule has 5 nitrogen and oxygen atoms in total. The number of rotatable bonds is 3. The van der Waals surface area contributed by atoms with Crippen LogP contribution in [0.5, 0.6) is 0 Å². The highest BCUT2D eigenvalue weighted by molar-refractivity contribution is 5.93. The van der Waals surface area contributed by atoms with Crippen LogP contribution in [0.15, 0.2) is 30.3 Å². The molecule has 2 saturated heterocycles. The van der Waals surface area contributed by atoms with Crippen molar-refractivity contribution in [2.75, 3.05) is 37.7 Å². The fraction of sp³-hybridized carbons (Fsp3) is 0.500. The van der Waals surface area contributed by atoms with Crippen LogP contribution < -0.4 is 4.90 Å². The Morgan fingerprint density at radius 1 is 1.24 bits per heavy atom. The van der Waals surface area contributed by atoms with Crippen molar-refractivity contribution in [3.8, 4) is 0 Å². The Labute approximate surface area is 148 Å². The van der Waals surface area contributed by atoms with Crippen LogP contribution in [0.25, 0.3) is 10.9 Å². The summed E-state index contributed by atoms with van der Waals surface area (Å²) in [6.07, 6.45) is 2.87. The maximum absolute atomic E-state index is 13.0. The van der Waals surface area contributed by atoms with Gasteiger partial charge in [0.2, 0.25) is 5.91 Å². The maximum atomic E-state index is 13.0. The molecule has 1 atom stereocenters. The minimum Gasteiger partial charge on any atom is -0.395 e. The molecule has 1 aromatic carbocycles. The normalized spacial score (nSPS) is 23.8. The quantitative estimate of drug-likeness (QED) is 0.933. The van der Waals surface area contributed by atoms with Gasteiger partial charge in [-0.3, -0.25) is 9.78 Å². The number of hydrogen-bond donors (Lipinski definition) is 1. The van der Waals surface area contributed by atoms with E-state index in [4.69, 9.17) is 0 Å². The summed E-state index contributed by atoms with van der Waals surface area (Å²) in [4.78, 5) is 21.9. The molecule has 0 bridgehead atoms. The van der Waals surface area contributed by atoms with Gasteiger partial charge in [0.05, 0.1) is 17.5 Å². The lowest BCUT2D eigenvalue weighted by Gasteiger charge is -2.39. The van der Waals surface area contributed by atoms with Gasteiger partial charge in [0, 0.05) is 42.9 Å². The summed E-state index contributed by atoms with van der Waals surface area (Å²) in [7, 11) is 0. The molecule has 0 unspecified atom stereocenters. The number of pyridine rings is 1. The minimum atomic E-state index is -0.286. The molecule has 5 heteroatoms. The van der Waals surface area contributed by atoms with Crippen molar-refractivity contribution in [3.05, 3.63) is 36.0 Å². The number of aliphatic hydroxyl groups is 1. The van der Waals surface area contributed by atoms with Crippen molar-refractivity contribution >= 4 is 22.5 Å². The molecule has 2 aromatic rings. The largest absolute Gasteiger partial charge is 0.395 e. The van der Waals surface area contributed by atoms with Gasteiger partial charge in [-0.05, 0) is 38.3 Å². The second-order valence-electron chi connectivity index (χ2n) is 7.37. The van der Waals surface area contributed by atoms with Crippen molar-refractivity contribution in [2.24, 2.45) is 5.41 Å². The molecule has 1 amide bonds. The Kier molecular flexibility index (Phi) is 4.12. The maximum Gasteiger partial charge on any atom is 0.230 e. The zero-order valence-electron chi connectivity index (χ0n) is 14.7. The first-order valence-electron chi connectivity index (χ1n) is 9.15. The van der Waals surface area contributed by atoms with E-state index in [-0.39, 0.29) is 17.9 Å². The molecule has 132 valence electrons. The molecule has 0 radical (unpaired) electrons. The van der Waals surface area contributed by atoms with E-state index in [1.165, 1.54) is 5.69 Å². The smallest absolute Gasteiger partial charge is 0.230 e. The number of benzene rings is 1. The van der Waals surface area contributed by atoms with E-state index in [9.17, 15) is 9.90 Å². The Morgan fingerprint density at radius 3 is 2.92 bits per heavy atom. The number of amides is 1. The molecule has 2 fully saturated rings. The highest BCUT2D eigenvalue weighted by atomic mass is 16.3. The lowest BCUT2D eigenvalue weighted by atomic mass is 9.78. The Morgan fingerprint density at radius 2 is 2.08 bits per heavy atom. The predicted octanol–water partition coefficient (Wildman–Crippen LogP) is 2.35. The van der Waals surface area contributed by atoms with Crippen LogP contribution >= 0.6 is 0 Å². The van der Waals surface area contributed by atoms with Gasteiger partial charge in [0.25, 0.3) is 0 Å². The monoisotopic (exact) mass is 339 g/mol. The van der Waals surface area contributed by atoms with E-state index in [0.29, 0.717) is 6.54 Å². The average molecular weight is 339 g/mol. The molecular weight excluding hydrogens is 314 g/mol. The van der Waals surface area contributed by atoms with E-state index in [1.54, 1.807) is 0 Å². The number of nitrogens with zero attached hydrogens (tertiary/aromatic N) is 3. The number of carbonyl (C=O) groups is 1. The van der Waals surface area contributed by atoms with E-state index < -0.39 is 0 Å². The molecule has 0 saturated carbocycles. The van der Waals surface area contributed by atoms with Crippen LogP contribution in [0.1, 0.15) is 25.0 Å². The molecule has 2 aliphatic rings. The Hall–Kier alpha value is -2.14. The summed E-state index contributed by atoms with van der Waals surface area (Å²) in [5.74, 6) is 0.227. The van der Waals surface area contributed by atoms with Crippen LogP contribution in [-0.2, 0) is 4.79 Å².